The van der Waals surface area contributed by atoms with E-state index in [9.17, 15) is 4.79 Å². The van der Waals surface area contributed by atoms with Crippen molar-refractivity contribution in [2.24, 2.45) is 11.3 Å². The van der Waals surface area contributed by atoms with E-state index in [2.05, 4.69) is 50.0 Å². The minimum absolute atomic E-state index is 0.203. The molecule has 1 amide bonds. The summed E-state index contributed by atoms with van der Waals surface area (Å²) in [6.45, 7) is 4.50. The average Bonchev–Trinajstić information content (AvgIpc) is 2.67. The molecule has 0 aliphatic heterocycles. The molecule has 1 aliphatic rings. The lowest BCUT2D eigenvalue weighted by Crippen LogP contribution is -2.39. The molecular weight excluding hydrogens is 338 g/mol. The van der Waals surface area contributed by atoms with E-state index in [1.165, 1.54) is 19.3 Å². The molecule has 0 aromatic heterocycles. The summed E-state index contributed by atoms with van der Waals surface area (Å²) in [5.74, 6) is 0.834. The molecule has 0 atom stereocenters. The molecule has 140 valence electrons. The van der Waals surface area contributed by atoms with E-state index >= 15 is 0 Å². The highest BCUT2D eigenvalue weighted by Gasteiger charge is 2.40. The highest BCUT2D eigenvalue weighted by Crippen LogP contribution is 2.44. The van der Waals surface area contributed by atoms with Crippen LogP contribution in [0.25, 0.3) is 10.8 Å². The Morgan fingerprint density at radius 2 is 1.69 bits per heavy atom. The molecule has 1 aliphatic carbocycles. The van der Waals surface area contributed by atoms with E-state index in [1.807, 2.05) is 18.2 Å². The van der Waals surface area contributed by atoms with Gasteiger partial charge in [-0.3, -0.25) is 4.79 Å². The first-order chi connectivity index (χ1) is 12.6. The molecule has 1 N–H and O–H groups in total. The lowest BCUT2D eigenvalue weighted by molar-refractivity contribution is -0.128. The first kappa shape index (κ1) is 19.3. The normalized spacial score (nSPS) is 16.8. The third-order valence-corrected chi connectivity index (χ3v) is 6.61. The molecule has 2 aromatic rings. The maximum Gasteiger partial charge on any atom is 0.230 e. The number of carbonyl (C=O) groups is 1. The van der Waals surface area contributed by atoms with Gasteiger partial charge in [-0.05, 0) is 48.1 Å². The molecule has 0 spiro atoms. The van der Waals surface area contributed by atoms with Gasteiger partial charge >= 0.3 is 0 Å². The molecule has 0 unspecified atom stereocenters. The summed E-state index contributed by atoms with van der Waals surface area (Å²) in [6, 6.07) is 12.3. The number of anilines is 1. The second-order valence-electron chi connectivity index (χ2n) is 7.90. The summed E-state index contributed by atoms with van der Waals surface area (Å²) in [5, 5.41) is 5.54. The van der Waals surface area contributed by atoms with Gasteiger partial charge in [-0.15, -0.1) is 12.6 Å². The zero-order chi connectivity index (χ0) is 18.6. The molecule has 0 heterocycles. The predicted molar refractivity (Wildman–Crippen MR) is 114 cm³/mol. The Morgan fingerprint density at radius 3 is 2.31 bits per heavy atom. The van der Waals surface area contributed by atoms with Crippen molar-refractivity contribution in [3.8, 4) is 0 Å². The monoisotopic (exact) mass is 369 g/mol. The smallest absolute Gasteiger partial charge is 0.230 e. The van der Waals surface area contributed by atoms with Crippen LogP contribution >= 0.6 is 12.6 Å². The van der Waals surface area contributed by atoms with Crippen molar-refractivity contribution in [3.63, 3.8) is 0 Å². The third-order valence-electron chi connectivity index (χ3n) is 6.24. The zero-order valence-corrected chi connectivity index (χ0v) is 16.9. The Bertz CT molecular complexity index is 760. The van der Waals surface area contributed by atoms with Gasteiger partial charge in [-0.1, -0.05) is 70.2 Å². The van der Waals surface area contributed by atoms with Crippen LogP contribution in [0.2, 0.25) is 0 Å². The second kappa shape index (κ2) is 8.47. The van der Waals surface area contributed by atoms with Crippen LogP contribution in [0.5, 0.6) is 0 Å². The summed E-state index contributed by atoms with van der Waals surface area (Å²) < 4.78 is 0. The van der Waals surface area contributed by atoms with E-state index in [0.29, 0.717) is 5.92 Å². The van der Waals surface area contributed by atoms with Crippen molar-refractivity contribution in [1.82, 2.24) is 0 Å². The van der Waals surface area contributed by atoms with Gasteiger partial charge in [0.2, 0.25) is 5.91 Å². The number of hydrogen-bond acceptors (Lipinski definition) is 2. The SMILES string of the molecule is CCC(CC)CC1(C(=O)Nc2cc3ccccc3cc2S)CCCCC1. The van der Waals surface area contributed by atoms with Gasteiger partial charge in [0.25, 0.3) is 0 Å². The molecule has 0 saturated heterocycles. The molecule has 0 radical (unpaired) electrons. The summed E-state index contributed by atoms with van der Waals surface area (Å²) in [5.41, 5.74) is 0.632. The molecule has 26 heavy (non-hydrogen) atoms. The Labute approximate surface area is 163 Å². The number of benzene rings is 2. The summed E-state index contributed by atoms with van der Waals surface area (Å²) in [4.78, 5) is 14.2. The van der Waals surface area contributed by atoms with Crippen LogP contribution < -0.4 is 5.32 Å². The molecule has 1 fully saturated rings. The fourth-order valence-corrected chi connectivity index (χ4v) is 4.73. The summed E-state index contributed by atoms with van der Waals surface area (Å²) in [6.07, 6.45) is 8.94. The van der Waals surface area contributed by atoms with Gasteiger partial charge in [-0.25, -0.2) is 0 Å². The first-order valence-electron chi connectivity index (χ1n) is 10.1. The topological polar surface area (TPSA) is 29.1 Å². The molecule has 3 rings (SSSR count). The largest absolute Gasteiger partial charge is 0.325 e. The van der Waals surface area contributed by atoms with Crippen molar-refractivity contribution in [3.05, 3.63) is 36.4 Å². The average molecular weight is 370 g/mol. The van der Waals surface area contributed by atoms with Gasteiger partial charge in [-0.2, -0.15) is 0 Å². The lowest BCUT2D eigenvalue weighted by Gasteiger charge is -2.38. The van der Waals surface area contributed by atoms with Crippen molar-refractivity contribution in [1.29, 1.82) is 0 Å². The van der Waals surface area contributed by atoms with E-state index in [1.54, 1.807) is 0 Å². The molecule has 3 heteroatoms. The van der Waals surface area contributed by atoms with Crippen molar-refractivity contribution < 1.29 is 4.79 Å². The molecule has 2 nitrogen and oxygen atoms in total. The van der Waals surface area contributed by atoms with E-state index < -0.39 is 0 Å². The summed E-state index contributed by atoms with van der Waals surface area (Å²) >= 11 is 4.63. The molecule has 0 bridgehead atoms. The number of hydrogen-bond donors (Lipinski definition) is 2. The van der Waals surface area contributed by atoms with Crippen LogP contribution in [0.4, 0.5) is 5.69 Å². The van der Waals surface area contributed by atoms with Gasteiger partial charge in [0, 0.05) is 10.3 Å². The van der Waals surface area contributed by atoms with Gasteiger partial charge in [0.15, 0.2) is 0 Å². The van der Waals surface area contributed by atoms with Crippen LogP contribution in [0.3, 0.4) is 0 Å². The highest BCUT2D eigenvalue weighted by molar-refractivity contribution is 7.80. The number of thiol groups is 1. The maximum absolute atomic E-state index is 13.4. The Hall–Kier alpha value is -1.48. The van der Waals surface area contributed by atoms with E-state index in [4.69, 9.17) is 0 Å². The fourth-order valence-electron chi connectivity index (χ4n) is 4.47. The van der Waals surface area contributed by atoms with Crippen molar-refractivity contribution in [2.45, 2.75) is 70.1 Å². The van der Waals surface area contributed by atoms with Crippen molar-refractivity contribution >= 4 is 35.0 Å². The van der Waals surface area contributed by atoms with Crippen LogP contribution in [0.15, 0.2) is 41.3 Å². The molecule has 1 saturated carbocycles. The van der Waals surface area contributed by atoms with Crippen LogP contribution in [-0.4, -0.2) is 5.91 Å². The van der Waals surface area contributed by atoms with Crippen LogP contribution in [-0.2, 0) is 4.79 Å². The van der Waals surface area contributed by atoms with E-state index in [-0.39, 0.29) is 11.3 Å². The number of fused-ring (bicyclic) bond motifs is 1. The Morgan fingerprint density at radius 1 is 1.08 bits per heavy atom. The number of amides is 1. The first-order valence-corrected chi connectivity index (χ1v) is 10.6. The third kappa shape index (κ3) is 4.09. The second-order valence-corrected chi connectivity index (χ2v) is 8.38. The zero-order valence-electron chi connectivity index (χ0n) is 16.1. The maximum atomic E-state index is 13.4. The van der Waals surface area contributed by atoms with Gasteiger partial charge in [0.1, 0.15) is 0 Å². The van der Waals surface area contributed by atoms with Crippen LogP contribution in [0.1, 0.15) is 65.2 Å². The quantitative estimate of drug-likeness (QED) is 0.536. The molecule has 2 aromatic carbocycles. The highest BCUT2D eigenvalue weighted by atomic mass is 32.1. The lowest BCUT2D eigenvalue weighted by atomic mass is 9.67. The number of nitrogens with one attached hydrogen (secondary N) is 1. The predicted octanol–water partition coefficient (Wildman–Crippen LogP) is 6.84. The van der Waals surface area contributed by atoms with Gasteiger partial charge < -0.3 is 5.32 Å². The van der Waals surface area contributed by atoms with Gasteiger partial charge in [0.05, 0.1) is 5.69 Å². The summed E-state index contributed by atoms with van der Waals surface area (Å²) in [7, 11) is 0. The number of carbonyl (C=O) groups excluding carboxylic acids is 1. The Kier molecular flexibility index (Phi) is 6.29. The Balaban J connectivity index is 1.86. The van der Waals surface area contributed by atoms with E-state index in [0.717, 1.165) is 53.5 Å². The molecular formula is C23H31NOS. The van der Waals surface area contributed by atoms with Crippen LogP contribution in [0, 0.1) is 11.3 Å². The fraction of sp³-hybridized carbons (Fsp3) is 0.522. The van der Waals surface area contributed by atoms with Crippen molar-refractivity contribution in [2.75, 3.05) is 5.32 Å². The number of rotatable bonds is 6. The minimum Gasteiger partial charge on any atom is -0.325 e. The standard InChI is InChI=1S/C23H31NOS/c1-3-17(4-2)16-23(12-8-5-9-13-23)22(25)24-20-14-18-10-6-7-11-19(18)15-21(20)26/h6-7,10-11,14-15,17,26H,3-5,8-9,12-13,16H2,1-2H3,(H,24,25). The minimum atomic E-state index is -0.208.